The Morgan fingerprint density at radius 1 is 1.33 bits per heavy atom. The third-order valence-electron chi connectivity index (χ3n) is 5.62. The van der Waals surface area contributed by atoms with E-state index in [1.54, 1.807) is 11.6 Å². The summed E-state index contributed by atoms with van der Waals surface area (Å²) in [6, 6.07) is 1.48. The van der Waals surface area contributed by atoms with Crippen molar-refractivity contribution in [3.63, 3.8) is 0 Å². The SMILES string of the molecule is CNc1nc(C#N)nc2c1ncn2[C@H]1C[C@H](OP(=O)(O)O)[C@]2(COP(=O)(O)O)C[C@H]12. The zero-order valence-corrected chi connectivity index (χ0v) is 17.3. The molecule has 162 valence electrons. The maximum Gasteiger partial charge on any atom is 0.469 e. The highest BCUT2D eigenvalue weighted by molar-refractivity contribution is 7.46. The standard InChI is InChI=1S/C14H18N6O8P2/c1-16-12-11-13(19-10(4-15)18-12)20(6-17-11)8-2-9(28-30(24,25)26)14(3-7(8)14)5-27-29(21,22)23/h6-9H,2-3,5H2,1H3,(H,16,18,19)(H2,21,22,23)(H2,24,25,26)/t7-,8+,9+,14+/m1/s1. The summed E-state index contributed by atoms with van der Waals surface area (Å²) in [5.41, 5.74) is -0.210. The van der Waals surface area contributed by atoms with Crippen molar-refractivity contribution in [1.82, 2.24) is 19.5 Å². The van der Waals surface area contributed by atoms with Crippen LogP contribution in [0.1, 0.15) is 24.7 Å². The highest BCUT2D eigenvalue weighted by Gasteiger charge is 2.70. The first-order chi connectivity index (χ1) is 14.0. The zero-order chi connectivity index (χ0) is 21.9. The Hall–Kier alpha value is -1.94. The third kappa shape index (κ3) is 3.75. The molecule has 2 saturated carbocycles. The van der Waals surface area contributed by atoms with Gasteiger partial charge in [0.25, 0.3) is 0 Å². The quantitative estimate of drug-likeness (QED) is 0.352. The summed E-state index contributed by atoms with van der Waals surface area (Å²) in [4.78, 5) is 49.2. The number of aromatic nitrogens is 4. The lowest BCUT2D eigenvalue weighted by Crippen LogP contribution is -2.26. The van der Waals surface area contributed by atoms with Gasteiger partial charge < -0.3 is 29.5 Å². The second kappa shape index (κ2) is 7.05. The summed E-state index contributed by atoms with van der Waals surface area (Å²) in [6.07, 6.45) is 0.987. The first-order valence-corrected chi connectivity index (χ1v) is 11.8. The van der Waals surface area contributed by atoms with Crippen LogP contribution in [0.25, 0.3) is 11.2 Å². The van der Waals surface area contributed by atoms with Gasteiger partial charge in [0, 0.05) is 18.5 Å². The Kier molecular flexibility index (Phi) is 5.00. The van der Waals surface area contributed by atoms with E-state index < -0.39 is 39.8 Å². The van der Waals surface area contributed by atoms with E-state index in [4.69, 9.17) is 14.3 Å². The molecule has 2 aliphatic rings. The fraction of sp³-hybridized carbons (Fsp3) is 0.571. The summed E-state index contributed by atoms with van der Waals surface area (Å²) in [6.45, 7) is -0.421. The fourth-order valence-corrected chi connectivity index (χ4v) is 5.36. The minimum absolute atomic E-state index is 0.0819. The normalized spacial score (nSPS) is 28.3. The summed E-state index contributed by atoms with van der Waals surface area (Å²) in [5, 5.41) is 12.0. The number of rotatable bonds is 7. The number of phosphoric acid groups is 2. The Balaban J connectivity index is 1.72. The molecule has 2 aliphatic carbocycles. The van der Waals surface area contributed by atoms with Crippen LogP contribution in [0.15, 0.2) is 6.33 Å². The lowest BCUT2D eigenvalue weighted by molar-refractivity contribution is 0.0499. The molecule has 2 fully saturated rings. The molecule has 0 amide bonds. The molecule has 14 nitrogen and oxygen atoms in total. The van der Waals surface area contributed by atoms with Crippen LogP contribution in [0.5, 0.6) is 0 Å². The van der Waals surface area contributed by atoms with Gasteiger partial charge in [-0.15, -0.1) is 0 Å². The highest BCUT2D eigenvalue weighted by atomic mass is 31.2. The lowest BCUT2D eigenvalue weighted by atomic mass is 10.0. The number of phosphoric ester groups is 2. The summed E-state index contributed by atoms with van der Waals surface area (Å²) < 4.78 is 33.9. The van der Waals surface area contributed by atoms with E-state index in [1.807, 2.05) is 6.07 Å². The number of nitriles is 1. The summed E-state index contributed by atoms with van der Waals surface area (Å²) in [5.74, 6) is 0.0150. The third-order valence-corrected chi connectivity index (χ3v) is 6.62. The van der Waals surface area contributed by atoms with E-state index >= 15 is 0 Å². The van der Waals surface area contributed by atoms with Gasteiger partial charge in [-0.3, -0.25) is 9.05 Å². The Morgan fingerprint density at radius 3 is 2.67 bits per heavy atom. The monoisotopic (exact) mass is 460 g/mol. The first-order valence-electron chi connectivity index (χ1n) is 8.74. The molecule has 0 spiro atoms. The van der Waals surface area contributed by atoms with Crippen molar-refractivity contribution in [3.05, 3.63) is 12.2 Å². The predicted molar refractivity (Wildman–Crippen MR) is 98.7 cm³/mol. The van der Waals surface area contributed by atoms with E-state index in [9.17, 15) is 24.2 Å². The number of hydrogen-bond donors (Lipinski definition) is 5. The van der Waals surface area contributed by atoms with Crippen LogP contribution in [0.2, 0.25) is 0 Å². The minimum atomic E-state index is -4.86. The van der Waals surface area contributed by atoms with E-state index in [1.165, 1.54) is 6.33 Å². The van der Waals surface area contributed by atoms with Gasteiger partial charge in [-0.25, -0.2) is 14.1 Å². The average molecular weight is 460 g/mol. The maximum atomic E-state index is 11.5. The largest absolute Gasteiger partial charge is 0.469 e. The smallest absolute Gasteiger partial charge is 0.371 e. The number of hydrogen-bond acceptors (Lipinski definition) is 9. The fourth-order valence-electron chi connectivity index (χ4n) is 4.33. The highest BCUT2D eigenvalue weighted by Crippen LogP contribution is 2.71. The molecule has 16 heteroatoms. The molecule has 0 aromatic carbocycles. The topological polar surface area (TPSA) is 213 Å². The molecule has 2 heterocycles. The van der Waals surface area contributed by atoms with E-state index in [-0.39, 0.29) is 18.2 Å². The van der Waals surface area contributed by atoms with Crippen LogP contribution in [0.4, 0.5) is 5.82 Å². The molecule has 0 saturated heterocycles. The van der Waals surface area contributed by atoms with Gasteiger partial charge in [0.2, 0.25) is 5.82 Å². The van der Waals surface area contributed by atoms with Crippen LogP contribution in [-0.4, -0.2) is 58.9 Å². The van der Waals surface area contributed by atoms with Crippen molar-refractivity contribution in [2.75, 3.05) is 19.0 Å². The number of anilines is 1. The van der Waals surface area contributed by atoms with Crippen molar-refractivity contribution >= 4 is 32.6 Å². The van der Waals surface area contributed by atoms with Crippen molar-refractivity contribution in [1.29, 1.82) is 5.26 Å². The summed E-state index contributed by atoms with van der Waals surface area (Å²) in [7, 11) is -8.03. The van der Waals surface area contributed by atoms with Gasteiger partial charge in [0.05, 0.1) is 19.0 Å². The molecular weight excluding hydrogens is 442 g/mol. The van der Waals surface area contributed by atoms with E-state index in [2.05, 4.69) is 24.8 Å². The second-order valence-corrected chi connectivity index (χ2v) is 9.71. The first kappa shape index (κ1) is 21.3. The van der Waals surface area contributed by atoms with Gasteiger partial charge >= 0.3 is 15.6 Å². The van der Waals surface area contributed by atoms with Gasteiger partial charge in [-0.1, -0.05) is 0 Å². The van der Waals surface area contributed by atoms with Gasteiger partial charge in [0.1, 0.15) is 6.07 Å². The molecule has 0 radical (unpaired) electrons. The van der Waals surface area contributed by atoms with Crippen molar-refractivity contribution in [2.24, 2.45) is 11.3 Å². The van der Waals surface area contributed by atoms with E-state index in [0.29, 0.717) is 23.4 Å². The average Bonchev–Trinajstić information content (AvgIpc) is 3.12. The molecule has 2 aromatic heterocycles. The molecule has 2 aromatic rings. The van der Waals surface area contributed by atoms with Crippen LogP contribution in [0, 0.1) is 22.7 Å². The van der Waals surface area contributed by atoms with Crippen molar-refractivity contribution in [3.8, 4) is 6.07 Å². The maximum absolute atomic E-state index is 11.5. The lowest BCUT2D eigenvalue weighted by Gasteiger charge is -2.24. The number of nitrogens with one attached hydrogen (secondary N) is 1. The predicted octanol–water partition coefficient (Wildman–Crippen LogP) is 0.278. The Morgan fingerprint density at radius 2 is 2.07 bits per heavy atom. The van der Waals surface area contributed by atoms with Crippen LogP contribution < -0.4 is 5.32 Å². The molecule has 0 unspecified atom stereocenters. The molecule has 4 rings (SSSR count). The van der Waals surface area contributed by atoms with Crippen molar-refractivity contribution in [2.45, 2.75) is 25.0 Å². The van der Waals surface area contributed by atoms with Gasteiger partial charge in [-0.2, -0.15) is 15.2 Å². The number of nitrogens with zero attached hydrogens (tertiary/aromatic N) is 5. The molecule has 0 bridgehead atoms. The minimum Gasteiger partial charge on any atom is -0.371 e. The van der Waals surface area contributed by atoms with Crippen molar-refractivity contribution < 1.29 is 37.8 Å². The van der Waals surface area contributed by atoms with Crippen LogP contribution in [-0.2, 0) is 18.2 Å². The second-order valence-electron chi connectivity index (χ2n) is 7.28. The number of fused-ring (bicyclic) bond motifs is 2. The molecular formula is C14H18N6O8P2. The summed E-state index contributed by atoms with van der Waals surface area (Å²) >= 11 is 0. The zero-order valence-electron chi connectivity index (χ0n) is 15.5. The Bertz CT molecular complexity index is 1140. The van der Waals surface area contributed by atoms with Crippen LogP contribution >= 0.6 is 15.6 Å². The van der Waals surface area contributed by atoms with Gasteiger partial charge in [0.15, 0.2) is 17.0 Å². The molecule has 0 aliphatic heterocycles. The number of imidazole rings is 1. The molecule has 5 N–H and O–H groups in total. The van der Waals surface area contributed by atoms with E-state index in [0.717, 1.165) is 0 Å². The van der Waals surface area contributed by atoms with Gasteiger partial charge in [-0.05, 0) is 18.8 Å². The molecule has 4 atom stereocenters. The van der Waals surface area contributed by atoms with Crippen LogP contribution in [0.3, 0.4) is 0 Å². The molecule has 30 heavy (non-hydrogen) atoms. The Labute approximate surface area is 169 Å².